The van der Waals surface area contributed by atoms with Crippen LogP contribution in [-0.2, 0) is 22.4 Å². The number of benzene rings is 2. The van der Waals surface area contributed by atoms with Gasteiger partial charge in [-0.3, -0.25) is 9.59 Å². The fraction of sp³-hybridized carbons (Fsp3) is 0.440. The van der Waals surface area contributed by atoms with Gasteiger partial charge in [-0.2, -0.15) is 0 Å². The standard InChI is InChI=1S/C25H32O4/c26-23(27)25(24(28)29,19-11-3-9-17-21-13-5-1-6-14-21)20-12-4-10-18-22-15-7-2-8-16-22/h1-2,5-8,13-16H,3-4,9-12,17-20H2,(H,26,27)(H,28,29). The van der Waals surface area contributed by atoms with Crippen LogP contribution < -0.4 is 0 Å². The Morgan fingerprint density at radius 1 is 0.586 bits per heavy atom. The van der Waals surface area contributed by atoms with Gasteiger partial charge in [0.1, 0.15) is 0 Å². The van der Waals surface area contributed by atoms with Gasteiger partial charge in [-0.25, -0.2) is 0 Å². The molecule has 4 nitrogen and oxygen atoms in total. The van der Waals surface area contributed by atoms with E-state index in [1.807, 2.05) is 36.4 Å². The summed E-state index contributed by atoms with van der Waals surface area (Å²) < 4.78 is 0. The monoisotopic (exact) mass is 396 g/mol. The smallest absolute Gasteiger partial charge is 0.321 e. The molecule has 29 heavy (non-hydrogen) atoms. The van der Waals surface area contributed by atoms with Crippen molar-refractivity contribution in [3.05, 3.63) is 71.8 Å². The Balaban J connectivity index is 1.76. The van der Waals surface area contributed by atoms with Gasteiger partial charge in [-0.1, -0.05) is 86.3 Å². The molecule has 0 heterocycles. The molecule has 2 rings (SSSR count). The highest BCUT2D eigenvalue weighted by atomic mass is 16.4. The zero-order valence-electron chi connectivity index (χ0n) is 17.1. The lowest BCUT2D eigenvalue weighted by molar-refractivity contribution is -0.166. The van der Waals surface area contributed by atoms with Crippen molar-refractivity contribution in [3.8, 4) is 0 Å². The number of carboxylic acids is 2. The van der Waals surface area contributed by atoms with Crippen LogP contribution >= 0.6 is 0 Å². The first-order valence-corrected chi connectivity index (χ1v) is 10.6. The van der Waals surface area contributed by atoms with Crippen LogP contribution in [0.25, 0.3) is 0 Å². The van der Waals surface area contributed by atoms with E-state index in [2.05, 4.69) is 24.3 Å². The van der Waals surface area contributed by atoms with Gasteiger partial charge in [0, 0.05) is 0 Å². The summed E-state index contributed by atoms with van der Waals surface area (Å²) in [6.45, 7) is 0. The quantitative estimate of drug-likeness (QED) is 0.315. The van der Waals surface area contributed by atoms with Crippen molar-refractivity contribution < 1.29 is 19.8 Å². The average molecular weight is 397 g/mol. The van der Waals surface area contributed by atoms with Crippen LogP contribution in [0.2, 0.25) is 0 Å². The van der Waals surface area contributed by atoms with Gasteiger partial charge in [-0.15, -0.1) is 0 Å². The molecule has 0 aliphatic rings. The van der Waals surface area contributed by atoms with E-state index in [1.54, 1.807) is 0 Å². The second-order valence-electron chi connectivity index (χ2n) is 7.78. The minimum Gasteiger partial charge on any atom is -0.480 e. The van der Waals surface area contributed by atoms with E-state index in [0.29, 0.717) is 12.8 Å². The van der Waals surface area contributed by atoms with E-state index in [1.165, 1.54) is 11.1 Å². The third-order valence-corrected chi connectivity index (χ3v) is 5.64. The molecule has 0 saturated carbocycles. The maximum Gasteiger partial charge on any atom is 0.321 e. The number of rotatable bonds is 14. The van der Waals surface area contributed by atoms with Gasteiger partial charge < -0.3 is 10.2 Å². The molecule has 0 radical (unpaired) electrons. The fourth-order valence-corrected chi connectivity index (χ4v) is 3.80. The highest BCUT2D eigenvalue weighted by molar-refractivity contribution is 5.98. The molecule has 4 heteroatoms. The van der Waals surface area contributed by atoms with Crippen LogP contribution in [0.1, 0.15) is 62.5 Å². The Hall–Kier alpha value is -2.62. The molecule has 0 aromatic heterocycles. The molecule has 0 unspecified atom stereocenters. The number of hydrogen-bond acceptors (Lipinski definition) is 2. The summed E-state index contributed by atoms with van der Waals surface area (Å²) in [5.74, 6) is -2.40. The molecule has 0 aliphatic heterocycles. The Morgan fingerprint density at radius 2 is 0.966 bits per heavy atom. The van der Waals surface area contributed by atoms with Gasteiger partial charge >= 0.3 is 11.9 Å². The maximum absolute atomic E-state index is 11.9. The molecule has 2 aromatic carbocycles. The van der Waals surface area contributed by atoms with Crippen molar-refractivity contribution in [2.75, 3.05) is 0 Å². The normalized spacial score (nSPS) is 11.3. The second-order valence-corrected chi connectivity index (χ2v) is 7.78. The first-order valence-electron chi connectivity index (χ1n) is 10.6. The summed E-state index contributed by atoms with van der Waals surface area (Å²) in [4.78, 5) is 23.7. The van der Waals surface area contributed by atoms with E-state index in [0.717, 1.165) is 38.5 Å². The Bertz CT molecular complexity index is 674. The van der Waals surface area contributed by atoms with E-state index in [4.69, 9.17) is 0 Å². The fourth-order valence-electron chi connectivity index (χ4n) is 3.80. The lowest BCUT2D eigenvalue weighted by Gasteiger charge is -2.25. The summed E-state index contributed by atoms with van der Waals surface area (Å²) in [7, 11) is 0. The Kier molecular flexibility index (Phi) is 9.42. The van der Waals surface area contributed by atoms with E-state index in [-0.39, 0.29) is 12.8 Å². The Morgan fingerprint density at radius 3 is 1.31 bits per heavy atom. The van der Waals surface area contributed by atoms with Crippen LogP contribution in [0.3, 0.4) is 0 Å². The SMILES string of the molecule is O=C(O)C(CCCCCc1ccccc1)(CCCCCc1ccccc1)C(=O)O. The van der Waals surface area contributed by atoms with E-state index < -0.39 is 17.4 Å². The molecule has 0 amide bonds. The summed E-state index contributed by atoms with van der Waals surface area (Å²) in [6, 6.07) is 20.3. The Labute approximate surface area is 173 Å². The minimum absolute atomic E-state index is 0.200. The first kappa shape index (κ1) is 22.7. The number of hydrogen-bond donors (Lipinski definition) is 2. The van der Waals surface area contributed by atoms with Crippen molar-refractivity contribution in [1.29, 1.82) is 0 Å². The molecule has 0 aliphatic carbocycles. The molecular formula is C25H32O4. The molecule has 0 spiro atoms. The second kappa shape index (κ2) is 12.1. The van der Waals surface area contributed by atoms with Gasteiger partial charge in [0.2, 0.25) is 0 Å². The van der Waals surface area contributed by atoms with Crippen LogP contribution in [-0.4, -0.2) is 22.2 Å². The zero-order chi connectivity index (χ0) is 21.0. The maximum atomic E-state index is 11.9. The van der Waals surface area contributed by atoms with Crippen LogP contribution in [0.4, 0.5) is 0 Å². The van der Waals surface area contributed by atoms with Crippen molar-refractivity contribution >= 4 is 11.9 Å². The molecule has 0 atom stereocenters. The van der Waals surface area contributed by atoms with Crippen molar-refractivity contribution in [2.24, 2.45) is 5.41 Å². The first-order chi connectivity index (χ1) is 14.0. The third kappa shape index (κ3) is 7.37. The highest BCUT2D eigenvalue weighted by Gasteiger charge is 2.45. The largest absolute Gasteiger partial charge is 0.480 e. The van der Waals surface area contributed by atoms with E-state index >= 15 is 0 Å². The van der Waals surface area contributed by atoms with E-state index in [9.17, 15) is 19.8 Å². The molecule has 156 valence electrons. The number of aliphatic carboxylic acids is 2. The number of carboxylic acid groups (broad SMARTS) is 2. The van der Waals surface area contributed by atoms with Gasteiger partial charge in [0.25, 0.3) is 0 Å². The predicted octanol–water partition coefficient (Wildman–Crippen LogP) is 5.75. The van der Waals surface area contributed by atoms with Crippen molar-refractivity contribution in [3.63, 3.8) is 0 Å². The molecule has 2 N–H and O–H groups in total. The molecule has 0 fully saturated rings. The van der Waals surface area contributed by atoms with Crippen LogP contribution in [0.5, 0.6) is 0 Å². The molecule has 0 bridgehead atoms. The van der Waals surface area contributed by atoms with Crippen LogP contribution in [0.15, 0.2) is 60.7 Å². The average Bonchev–Trinajstić information content (AvgIpc) is 2.73. The molecular weight excluding hydrogens is 364 g/mol. The van der Waals surface area contributed by atoms with Gasteiger partial charge in [0.05, 0.1) is 0 Å². The summed E-state index contributed by atoms with van der Waals surface area (Å²) in [5.41, 5.74) is 0.863. The topological polar surface area (TPSA) is 74.6 Å². The summed E-state index contributed by atoms with van der Waals surface area (Å²) >= 11 is 0. The lowest BCUT2D eigenvalue weighted by atomic mass is 9.78. The van der Waals surface area contributed by atoms with Crippen molar-refractivity contribution in [1.82, 2.24) is 0 Å². The summed E-state index contributed by atoms with van der Waals surface area (Å²) in [5, 5.41) is 19.4. The predicted molar refractivity (Wildman–Crippen MR) is 115 cm³/mol. The number of carbonyl (C=O) groups is 2. The zero-order valence-corrected chi connectivity index (χ0v) is 17.1. The number of aryl methyl sites for hydroxylation is 2. The lowest BCUT2D eigenvalue weighted by Crippen LogP contribution is -2.39. The highest BCUT2D eigenvalue weighted by Crippen LogP contribution is 2.33. The van der Waals surface area contributed by atoms with Crippen LogP contribution in [0, 0.1) is 5.41 Å². The van der Waals surface area contributed by atoms with Gasteiger partial charge in [0.15, 0.2) is 5.41 Å². The summed E-state index contributed by atoms with van der Waals surface area (Å²) in [6.07, 6.45) is 7.07. The minimum atomic E-state index is -1.65. The van der Waals surface area contributed by atoms with Crippen molar-refractivity contribution in [2.45, 2.75) is 64.2 Å². The molecule has 2 aromatic rings. The number of unbranched alkanes of at least 4 members (excludes halogenated alkanes) is 4. The third-order valence-electron chi connectivity index (χ3n) is 5.64. The van der Waals surface area contributed by atoms with Gasteiger partial charge in [-0.05, 0) is 49.7 Å². The molecule has 0 saturated heterocycles.